The highest BCUT2D eigenvalue weighted by molar-refractivity contribution is 5.91. The number of methoxy groups -OCH3 is 1. The minimum absolute atomic E-state index is 0.124. The van der Waals surface area contributed by atoms with Gasteiger partial charge in [0.1, 0.15) is 6.54 Å². The number of piperidine rings is 1. The van der Waals surface area contributed by atoms with E-state index in [2.05, 4.69) is 10.1 Å². The lowest BCUT2D eigenvalue weighted by Gasteiger charge is -2.30. The van der Waals surface area contributed by atoms with Crippen molar-refractivity contribution in [3.63, 3.8) is 0 Å². The van der Waals surface area contributed by atoms with E-state index in [9.17, 15) is 14.4 Å². The van der Waals surface area contributed by atoms with Crippen molar-refractivity contribution in [3.05, 3.63) is 24.2 Å². The van der Waals surface area contributed by atoms with Gasteiger partial charge in [-0.25, -0.2) is 0 Å². The summed E-state index contributed by atoms with van der Waals surface area (Å²) in [6.45, 7) is 0.868. The summed E-state index contributed by atoms with van der Waals surface area (Å²) < 4.78 is 9.54. The van der Waals surface area contributed by atoms with Crippen LogP contribution in [0.2, 0.25) is 0 Å². The fourth-order valence-electron chi connectivity index (χ4n) is 2.28. The van der Waals surface area contributed by atoms with Crippen LogP contribution in [0.1, 0.15) is 23.4 Å². The molecule has 1 aliphatic heterocycles. The fourth-order valence-corrected chi connectivity index (χ4v) is 2.28. The quantitative estimate of drug-likeness (QED) is 0.813. The minimum atomic E-state index is -0.478. The molecule has 7 nitrogen and oxygen atoms in total. The van der Waals surface area contributed by atoms with Crippen LogP contribution < -0.4 is 5.32 Å². The van der Waals surface area contributed by atoms with Gasteiger partial charge in [-0.15, -0.1) is 0 Å². The Morgan fingerprint density at radius 2 is 2.10 bits per heavy atom. The number of esters is 1. The molecule has 0 saturated carbocycles. The molecule has 114 valence electrons. The molecule has 1 N–H and O–H groups in total. The molecule has 1 saturated heterocycles. The smallest absolute Gasteiger partial charge is 0.325 e. The van der Waals surface area contributed by atoms with Gasteiger partial charge in [-0.1, -0.05) is 0 Å². The average Bonchev–Trinajstić information content (AvgIpc) is 3.06. The van der Waals surface area contributed by atoms with Crippen LogP contribution in [0.25, 0.3) is 0 Å². The van der Waals surface area contributed by atoms with Gasteiger partial charge in [-0.3, -0.25) is 14.4 Å². The molecule has 0 unspecified atom stereocenters. The molecule has 0 atom stereocenters. The average molecular weight is 294 g/mol. The Labute approximate surface area is 122 Å². The van der Waals surface area contributed by atoms with Crippen LogP contribution in [-0.4, -0.2) is 49.4 Å². The van der Waals surface area contributed by atoms with Crippen molar-refractivity contribution < 1.29 is 23.5 Å². The molecular formula is C14H18N2O5. The maximum absolute atomic E-state index is 12.1. The van der Waals surface area contributed by atoms with Gasteiger partial charge < -0.3 is 19.4 Å². The highest BCUT2D eigenvalue weighted by atomic mass is 16.5. The first kappa shape index (κ1) is 15.1. The Morgan fingerprint density at radius 3 is 2.67 bits per heavy atom. The van der Waals surface area contributed by atoms with Crippen molar-refractivity contribution in [2.75, 3.05) is 26.7 Å². The summed E-state index contributed by atoms with van der Waals surface area (Å²) in [6.07, 6.45) is 2.60. The van der Waals surface area contributed by atoms with Crippen molar-refractivity contribution in [1.82, 2.24) is 10.2 Å². The van der Waals surface area contributed by atoms with E-state index < -0.39 is 5.97 Å². The molecule has 2 rings (SSSR count). The maximum Gasteiger partial charge on any atom is 0.325 e. The third-order valence-electron chi connectivity index (χ3n) is 3.52. The zero-order chi connectivity index (χ0) is 15.2. The number of hydrogen-bond donors (Lipinski definition) is 1. The second kappa shape index (κ2) is 6.92. The first-order valence-corrected chi connectivity index (χ1v) is 6.79. The lowest BCUT2D eigenvalue weighted by Crippen LogP contribution is -2.43. The van der Waals surface area contributed by atoms with E-state index in [1.807, 2.05) is 0 Å². The van der Waals surface area contributed by atoms with Crippen LogP contribution in [0.5, 0.6) is 0 Å². The summed E-state index contributed by atoms with van der Waals surface area (Å²) in [5, 5.41) is 2.54. The van der Waals surface area contributed by atoms with Crippen molar-refractivity contribution in [2.45, 2.75) is 12.8 Å². The Morgan fingerprint density at radius 1 is 1.38 bits per heavy atom. The van der Waals surface area contributed by atoms with Crippen molar-refractivity contribution in [2.24, 2.45) is 5.92 Å². The molecule has 0 bridgehead atoms. The Kier molecular flexibility index (Phi) is 4.97. The molecule has 0 aromatic carbocycles. The molecule has 0 spiro atoms. The molecule has 2 amide bonds. The molecule has 0 aliphatic carbocycles. The van der Waals surface area contributed by atoms with Crippen molar-refractivity contribution in [3.8, 4) is 0 Å². The number of hydrogen-bond acceptors (Lipinski definition) is 5. The molecule has 1 aromatic rings. The number of carbonyl (C=O) groups is 3. The number of furan rings is 1. The largest absolute Gasteiger partial charge is 0.468 e. The summed E-state index contributed by atoms with van der Waals surface area (Å²) >= 11 is 0. The van der Waals surface area contributed by atoms with Gasteiger partial charge in [0.15, 0.2) is 5.76 Å². The molecule has 2 heterocycles. The van der Waals surface area contributed by atoms with Gasteiger partial charge in [0.2, 0.25) is 5.91 Å². The number of nitrogens with zero attached hydrogens (tertiary/aromatic N) is 1. The van der Waals surface area contributed by atoms with Crippen LogP contribution in [0.3, 0.4) is 0 Å². The normalized spacial score (nSPS) is 15.6. The number of nitrogens with one attached hydrogen (secondary N) is 1. The Bertz CT molecular complexity index is 503. The molecule has 7 heteroatoms. The molecule has 1 aromatic heterocycles. The van der Waals surface area contributed by atoms with E-state index in [1.165, 1.54) is 13.4 Å². The number of rotatable bonds is 4. The Balaban J connectivity index is 1.79. The number of ether oxygens (including phenoxy) is 1. The lowest BCUT2D eigenvalue weighted by molar-refractivity contribution is -0.141. The molecule has 0 radical (unpaired) electrons. The maximum atomic E-state index is 12.1. The summed E-state index contributed by atoms with van der Waals surface area (Å²) in [6, 6.07) is 3.29. The standard InChI is InChI=1S/C14H18N2O5/c1-20-12(17)9-15-13(18)10-4-6-16(7-5-10)14(19)11-3-2-8-21-11/h2-3,8,10H,4-7,9H2,1H3,(H,15,18). The highest BCUT2D eigenvalue weighted by Gasteiger charge is 2.28. The van der Waals surface area contributed by atoms with Crippen molar-refractivity contribution in [1.29, 1.82) is 0 Å². The van der Waals surface area contributed by atoms with Gasteiger partial charge in [-0.2, -0.15) is 0 Å². The third kappa shape index (κ3) is 3.84. The predicted octanol–water partition coefficient (Wildman–Crippen LogP) is 0.421. The van der Waals surface area contributed by atoms with Crippen LogP contribution in [-0.2, 0) is 14.3 Å². The highest BCUT2D eigenvalue weighted by Crippen LogP contribution is 2.19. The first-order chi connectivity index (χ1) is 10.1. The van der Waals surface area contributed by atoms with Gasteiger partial charge in [0, 0.05) is 19.0 Å². The van der Waals surface area contributed by atoms with E-state index in [4.69, 9.17) is 4.42 Å². The monoisotopic (exact) mass is 294 g/mol. The van der Waals surface area contributed by atoms with E-state index in [-0.39, 0.29) is 24.3 Å². The van der Waals surface area contributed by atoms with E-state index >= 15 is 0 Å². The van der Waals surface area contributed by atoms with Crippen LogP contribution in [0.4, 0.5) is 0 Å². The molecule has 1 aliphatic rings. The number of likely N-dealkylation sites (tertiary alicyclic amines) is 1. The molecule has 1 fully saturated rings. The molecule has 21 heavy (non-hydrogen) atoms. The van der Waals surface area contributed by atoms with Crippen molar-refractivity contribution >= 4 is 17.8 Å². The van der Waals surface area contributed by atoms with Gasteiger partial charge in [0.05, 0.1) is 13.4 Å². The second-order valence-electron chi connectivity index (χ2n) is 4.84. The first-order valence-electron chi connectivity index (χ1n) is 6.79. The topological polar surface area (TPSA) is 88.9 Å². The lowest BCUT2D eigenvalue weighted by atomic mass is 9.95. The summed E-state index contributed by atoms with van der Waals surface area (Å²) in [5.41, 5.74) is 0. The van der Waals surface area contributed by atoms with Gasteiger partial charge in [0.25, 0.3) is 5.91 Å². The number of carbonyl (C=O) groups excluding carboxylic acids is 3. The fraction of sp³-hybridized carbons (Fsp3) is 0.500. The zero-order valence-corrected chi connectivity index (χ0v) is 11.8. The summed E-state index contributed by atoms with van der Waals surface area (Å²) in [4.78, 5) is 36.6. The second-order valence-corrected chi connectivity index (χ2v) is 4.84. The zero-order valence-electron chi connectivity index (χ0n) is 11.8. The van der Waals surface area contributed by atoms with Gasteiger partial charge >= 0.3 is 5.97 Å². The van der Waals surface area contributed by atoms with E-state index in [0.717, 1.165) is 0 Å². The minimum Gasteiger partial charge on any atom is -0.468 e. The van der Waals surface area contributed by atoms with Crippen LogP contribution in [0, 0.1) is 5.92 Å². The Hall–Kier alpha value is -2.31. The van der Waals surface area contributed by atoms with E-state index in [0.29, 0.717) is 31.7 Å². The predicted molar refractivity (Wildman–Crippen MR) is 72.4 cm³/mol. The SMILES string of the molecule is COC(=O)CNC(=O)C1CCN(C(=O)c2ccco2)CC1. The number of amides is 2. The summed E-state index contributed by atoms with van der Waals surface area (Å²) in [7, 11) is 1.27. The summed E-state index contributed by atoms with van der Waals surface area (Å²) in [5.74, 6) is -0.688. The van der Waals surface area contributed by atoms with Crippen LogP contribution in [0.15, 0.2) is 22.8 Å². The van der Waals surface area contributed by atoms with E-state index in [1.54, 1.807) is 17.0 Å². The third-order valence-corrected chi connectivity index (χ3v) is 3.52. The molecular weight excluding hydrogens is 276 g/mol. The van der Waals surface area contributed by atoms with Gasteiger partial charge in [-0.05, 0) is 25.0 Å². The van der Waals surface area contributed by atoms with Crippen LogP contribution >= 0.6 is 0 Å².